The molecule has 4 heterocycles. The van der Waals surface area contributed by atoms with Gasteiger partial charge >= 0.3 is 0 Å². The largest absolute Gasteiger partial charge is 0.497 e. The molecule has 0 unspecified atom stereocenters. The summed E-state index contributed by atoms with van der Waals surface area (Å²) < 4.78 is 13.7. The number of methoxy groups -OCH3 is 1. The van der Waals surface area contributed by atoms with Gasteiger partial charge in [0.2, 0.25) is 0 Å². The lowest BCUT2D eigenvalue weighted by molar-refractivity contribution is -0.0340. The molecule has 6 nitrogen and oxygen atoms in total. The van der Waals surface area contributed by atoms with Crippen molar-refractivity contribution in [2.45, 2.75) is 12.6 Å². The number of imidazole rings is 1. The molecule has 4 aromatic rings. The zero-order valence-electron chi connectivity index (χ0n) is 16.9. The van der Waals surface area contributed by atoms with Crippen LogP contribution in [0.2, 0.25) is 0 Å². The van der Waals surface area contributed by atoms with Gasteiger partial charge in [0, 0.05) is 37.6 Å². The molecule has 0 amide bonds. The van der Waals surface area contributed by atoms with Gasteiger partial charge in [-0.3, -0.25) is 14.3 Å². The molecule has 3 aromatic heterocycles. The Morgan fingerprint density at radius 1 is 1.10 bits per heavy atom. The van der Waals surface area contributed by atoms with Crippen molar-refractivity contribution in [2.75, 3.05) is 26.8 Å². The van der Waals surface area contributed by atoms with Crippen LogP contribution >= 0.6 is 0 Å². The van der Waals surface area contributed by atoms with Gasteiger partial charge in [-0.25, -0.2) is 4.98 Å². The summed E-state index contributed by atoms with van der Waals surface area (Å²) in [6.07, 6.45) is 5.53. The number of aromatic nitrogens is 3. The van der Waals surface area contributed by atoms with Crippen LogP contribution in [0.15, 0.2) is 73.3 Å². The van der Waals surface area contributed by atoms with Crippen molar-refractivity contribution in [3.8, 4) is 17.0 Å². The zero-order chi connectivity index (χ0) is 20.3. The number of hydrogen-bond donors (Lipinski definition) is 0. The third kappa shape index (κ3) is 3.67. The summed E-state index contributed by atoms with van der Waals surface area (Å²) in [5.74, 6) is 0.840. The van der Waals surface area contributed by atoms with Gasteiger partial charge in [0.25, 0.3) is 0 Å². The Labute approximate surface area is 175 Å². The lowest BCUT2D eigenvalue weighted by Crippen LogP contribution is -2.38. The fraction of sp³-hybridized carbons (Fsp3) is 0.250. The highest BCUT2D eigenvalue weighted by Crippen LogP contribution is 2.30. The first-order valence-electron chi connectivity index (χ1n) is 10.1. The van der Waals surface area contributed by atoms with Gasteiger partial charge in [0.1, 0.15) is 18.2 Å². The Morgan fingerprint density at radius 2 is 1.97 bits per heavy atom. The average Bonchev–Trinajstić information content (AvgIpc) is 3.24. The Balaban J connectivity index is 1.43. The minimum absolute atomic E-state index is 0.0499. The van der Waals surface area contributed by atoms with Gasteiger partial charge in [-0.15, -0.1) is 0 Å². The van der Waals surface area contributed by atoms with Crippen LogP contribution in [0.3, 0.4) is 0 Å². The monoisotopic (exact) mass is 400 g/mol. The highest BCUT2D eigenvalue weighted by molar-refractivity contribution is 5.67. The normalized spacial score (nSPS) is 17.3. The first kappa shape index (κ1) is 18.8. The molecule has 6 heteroatoms. The van der Waals surface area contributed by atoms with Crippen molar-refractivity contribution in [1.29, 1.82) is 0 Å². The maximum Gasteiger partial charge on any atom is 0.119 e. The van der Waals surface area contributed by atoms with Crippen LogP contribution in [0.4, 0.5) is 0 Å². The Morgan fingerprint density at radius 3 is 2.83 bits per heavy atom. The zero-order valence-corrected chi connectivity index (χ0v) is 16.9. The number of morpholine rings is 1. The van der Waals surface area contributed by atoms with Crippen LogP contribution in [0, 0.1) is 0 Å². The van der Waals surface area contributed by atoms with Crippen molar-refractivity contribution in [2.24, 2.45) is 0 Å². The second-order valence-electron chi connectivity index (χ2n) is 7.48. The van der Waals surface area contributed by atoms with Gasteiger partial charge in [-0.2, -0.15) is 0 Å². The molecule has 5 rings (SSSR count). The van der Waals surface area contributed by atoms with E-state index >= 15 is 0 Å². The quantitative estimate of drug-likeness (QED) is 0.507. The van der Waals surface area contributed by atoms with Gasteiger partial charge in [0.05, 0.1) is 30.6 Å². The van der Waals surface area contributed by atoms with E-state index in [0.29, 0.717) is 6.61 Å². The summed E-state index contributed by atoms with van der Waals surface area (Å²) in [4.78, 5) is 11.3. The Hall–Kier alpha value is -3.22. The SMILES string of the molecule is COc1cccc(-c2cccc3c([C@H]4CN(Cc5ccncc5)CCO4)ncn23)c1. The van der Waals surface area contributed by atoms with Gasteiger partial charge in [-0.1, -0.05) is 18.2 Å². The maximum absolute atomic E-state index is 6.13. The molecule has 1 saturated heterocycles. The number of rotatable bonds is 5. The molecule has 30 heavy (non-hydrogen) atoms. The molecule has 1 aromatic carbocycles. The van der Waals surface area contributed by atoms with Crippen molar-refractivity contribution >= 4 is 5.52 Å². The lowest BCUT2D eigenvalue weighted by atomic mass is 10.1. The van der Waals surface area contributed by atoms with E-state index < -0.39 is 0 Å². The van der Waals surface area contributed by atoms with E-state index in [1.54, 1.807) is 7.11 Å². The average molecular weight is 400 g/mol. The smallest absolute Gasteiger partial charge is 0.119 e. The molecule has 0 N–H and O–H groups in total. The van der Waals surface area contributed by atoms with Gasteiger partial charge in [-0.05, 0) is 42.0 Å². The summed E-state index contributed by atoms with van der Waals surface area (Å²) in [5, 5.41) is 0. The summed E-state index contributed by atoms with van der Waals surface area (Å²) in [6, 6.07) is 18.5. The van der Waals surface area contributed by atoms with Crippen LogP contribution in [0.1, 0.15) is 17.4 Å². The van der Waals surface area contributed by atoms with Crippen LogP contribution in [0.25, 0.3) is 16.8 Å². The second kappa shape index (κ2) is 8.26. The van der Waals surface area contributed by atoms with Crippen LogP contribution in [-0.4, -0.2) is 46.1 Å². The van der Waals surface area contributed by atoms with Crippen LogP contribution in [-0.2, 0) is 11.3 Å². The molecule has 152 valence electrons. The Kier molecular flexibility index (Phi) is 5.17. The molecule has 0 spiro atoms. The number of hydrogen-bond acceptors (Lipinski definition) is 5. The number of nitrogens with zero attached hydrogens (tertiary/aromatic N) is 4. The fourth-order valence-electron chi connectivity index (χ4n) is 4.06. The molecule has 0 saturated carbocycles. The molecule has 0 radical (unpaired) electrons. The number of ether oxygens (including phenoxy) is 2. The third-order valence-electron chi connectivity index (χ3n) is 5.58. The number of fused-ring (bicyclic) bond motifs is 1. The van der Waals surface area contributed by atoms with Crippen LogP contribution < -0.4 is 4.74 Å². The highest BCUT2D eigenvalue weighted by atomic mass is 16.5. The summed E-state index contributed by atoms with van der Waals surface area (Å²) in [6.45, 7) is 3.33. The fourth-order valence-corrected chi connectivity index (χ4v) is 4.06. The minimum Gasteiger partial charge on any atom is -0.497 e. The van der Waals surface area contributed by atoms with E-state index in [-0.39, 0.29) is 6.10 Å². The highest BCUT2D eigenvalue weighted by Gasteiger charge is 2.26. The first-order valence-corrected chi connectivity index (χ1v) is 10.1. The predicted molar refractivity (Wildman–Crippen MR) is 115 cm³/mol. The van der Waals surface area contributed by atoms with E-state index in [9.17, 15) is 0 Å². The standard InChI is InChI=1S/C24H24N4O2/c1-29-20-5-2-4-19(14-20)21-6-3-7-22-24(26-17-28(21)22)23-16-27(12-13-30-23)15-18-8-10-25-11-9-18/h2-11,14,17,23H,12-13,15-16H2,1H3/t23-/m1/s1. The molecule has 0 bridgehead atoms. The first-order chi connectivity index (χ1) is 14.8. The van der Waals surface area contributed by atoms with Crippen molar-refractivity contribution < 1.29 is 9.47 Å². The summed E-state index contributed by atoms with van der Waals surface area (Å²) in [5.41, 5.74) is 5.49. The maximum atomic E-state index is 6.13. The molecule has 1 fully saturated rings. The lowest BCUT2D eigenvalue weighted by Gasteiger charge is -2.32. The second-order valence-corrected chi connectivity index (χ2v) is 7.48. The molecular weight excluding hydrogens is 376 g/mol. The molecule has 1 atom stereocenters. The van der Waals surface area contributed by atoms with Gasteiger partial charge < -0.3 is 9.47 Å². The summed E-state index contributed by atoms with van der Waals surface area (Å²) >= 11 is 0. The van der Waals surface area contributed by atoms with E-state index in [4.69, 9.17) is 14.5 Å². The summed E-state index contributed by atoms with van der Waals surface area (Å²) in [7, 11) is 1.69. The van der Waals surface area contributed by atoms with E-state index in [2.05, 4.69) is 50.7 Å². The third-order valence-corrected chi connectivity index (χ3v) is 5.58. The number of benzene rings is 1. The van der Waals surface area contributed by atoms with Gasteiger partial charge in [0.15, 0.2) is 0 Å². The van der Waals surface area contributed by atoms with Crippen LogP contribution in [0.5, 0.6) is 5.75 Å². The molecule has 1 aliphatic heterocycles. The predicted octanol–water partition coefficient (Wildman–Crippen LogP) is 3.98. The van der Waals surface area contributed by atoms with E-state index in [0.717, 1.165) is 47.9 Å². The molecule has 1 aliphatic rings. The number of pyridine rings is 2. The topological polar surface area (TPSA) is 51.9 Å². The molecule has 0 aliphatic carbocycles. The van der Waals surface area contributed by atoms with Crippen molar-refractivity contribution in [3.05, 3.63) is 84.6 Å². The van der Waals surface area contributed by atoms with Crippen molar-refractivity contribution in [1.82, 2.24) is 19.3 Å². The van der Waals surface area contributed by atoms with Crippen molar-refractivity contribution in [3.63, 3.8) is 0 Å². The van der Waals surface area contributed by atoms with E-state index in [1.165, 1.54) is 5.56 Å². The van der Waals surface area contributed by atoms with E-state index in [1.807, 2.05) is 36.9 Å². The minimum atomic E-state index is -0.0499. The Bertz CT molecular complexity index is 1140. The molecular formula is C24H24N4O2.